The fourth-order valence-electron chi connectivity index (χ4n) is 2.22. The molecule has 1 atom stereocenters. The number of halogens is 1. The maximum Gasteiger partial charge on any atom is 0.253 e. The molecule has 0 aromatic heterocycles. The lowest BCUT2D eigenvalue weighted by Crippen LogP contribution is -2.42. The number of rotatable bonds is 2. The first-order valence-electron chi connectivity index (χ1n) is 5.95. The van der Waals surface area contributed by atoms with Crippen LogP contribution in [0.5, 0.6) is 0 Å². The van der Waals surface area contributed by atoms with Crippen LogP contribution in [0.15, 0.2) is 24.3 Å². The zero-order valence-electron chi connectivity index (χ0n) is 9.73. The highest BCUT2D eigenvalue weighted by molar-refractivity contribution is 14.1. The van der Waals surface area contributed by atoms with E-state index in [-0.39, 0.29) is 5.91 Å². The fourth-order valence-corrected chi connectivity index (χ4v) is 2.58. The Balaban J connectivity index is 2.06. The molecule has 0 saturated carbocycles. The zero-order valence-corrected chi connectivity index (χ0v) is 11.9. The van der Waals surface area contributed by atoms with E-state index >= 15 is 0 Å². The Morgan fingerprint density at radius 2 is 2.12 bits per heavy atom. The topological polar surface area (TPSA) is 46.3 Å². The van der Waals surface area contributed by atoms with E-state index < -0.39 is 0 Å². The molecule has 2 rings (SSSR count). The highest BCUT2D eigenvalue weighted by atomic mass is 127. The van der Waals surface area contributed by atoms with E-state index in [9.17, 15) is 4.79 Å². The van der Waals surface area contributed by atoms with Crippen LogP contribution in [0, 0.1) is 9.49 Å². The van der Waals surface area contributed by atoms with Gasteiger partial charge in [-0.15, -0.1) is 0 Å². The molecule has 92 valence electrons. The van der Waals surface area contributed by atoms with Crippen molar-refractivity contribution >= 4 is 28.5 Å². The highest BCUT2D eigenvalue weighted by Crippen LogP contribution is 2.18. The van der Waals surface area contributed by atoms with Gasteiger partial charge in [-0.05, 0) is 72.2 Å². The van der Waals surface area contributed by atoms with E-state index in [1.165, 1.54) is 0 Å². The minimum atomic E-state index is 0.138. The fraction of sp³-hybridized carbons (Fsp3) is 0.462. The summed E-state index contributed by atoms with van der Waals surface area (Å²) in [5.41, 5.74) is 6.47. The SMILES string of the molecule is NCC1CCCN(C(=O)c2ccc(I)cc2)C1. The molecule has 1 fully saturated rings. The summed E-state index contributed by atoms with van der Waals surface area (Å²) in [4.78, 5) is 14.2. The quantitative estimate of drug-likeness (QED) is 0.836. The number of carbonyl (C=O) groups is 1. The third-order valence-electron chi connectivity index (χ3n) is 3.23. The van der Waals surface area contributed by atoms with Crippen molar-refractivity contribution in [1.29, 1.82) is 0 Å². The van der Waals surface area contributed by atoms with Crippen LogP contribution >= 0.6 is 22.6 Å². The Morgan fingerprint density at radius 3 is 2.76 bits per heavy atom. The second kappa shape index (κ2) is 5.82. The van der Waals surface area contributed by atoms with Crippen molar-refractivity contribution in [3.05, 3.63) is 33.4 Å². The van der Waals surface area contributed by atoms with E-state index in [1.807, 2.05) is 29.2 Å². The average molecular weight is 344 g/mol. The minimum Gasteiger partial charge on any atom is -0.338 e. The van der Waals surface area contributed by atoms with E-state index in [0.717, 1.165) is 35.1 Å². The van der Waals surface area contributed by atoms with Crippen molar-refractivity contribution in [2.75, 3.05) is 19.6 Å². The maximum absolute atomic E-state index is 12.3. The molecule has 3 nitrogen and oxygen atoms in total. The monoisotopic (exact) mass is 344 g/mol. The lowest BCUT2D eigenvalue weighted by atomic mass is 9.97. The molecule has 0 bridgehead atoms. The van der Waals surface area contributed by atoms with Gasteiger partial charge >= 0.3 is 0 Å². The van der Waals surface area contributed by atoms with Crippen molar-refractivity contribution in [3.63, 3.8) is 0 Å². The third kappa shape index (κ3) is 3.19. The van der Waals surface area contributed by atoms with Crippen LogP contribution in [-0.2, 0) is 0 Å². The number of amides is 1. The predicted octanol–water partition coefficient (Wildman–Crippen LogP) is 2.10. The number of hydrogen-bond acceptors (Lipinski definition) is 2. The van der Waals surface area contributed by atoms with E-state index in [0.29, 0.717) is 12.5 Å². The normalized spacial score (nSPS) is 20.4. The average Bonchev–Trinajstić information content (AvgIpc) is 2.39. The summed E-state index contributed by atoms with van der Waals surface area (Å²) in [7, 11) is 0. The largest absolute Gasteiger partial charge is 0.338 e. The predicted molar refractivity (Wildman–Crippen MR) is 76.8 cm³/mol. The van der Waals surface area contributed by atoms with Crippen molar-refractivity contribution in [2.24, 2.45) is 11.7 Å². The molecule has 1 aromatic carbocycles. The Labute approximate surface area is 116 Å². The number of nitrogens with zero attached hydrogens (tertiary/aromatic N) is 1. The van der Waals surface area contributed by atoms with Gasteiger partial charge < -0.3 is 10.6 Å². The first kappa shape index (κ1) is 12.8. The molecule has 1 aliphatic rings. The summed E-state index contributed by atoms with van der Waals surface area (Å²) < 4.78 is 1.15. The molecule has 1 aromatic rings. The van der Waals surface area contributed by atoms with Crippen LogP contribution in [0.25, 0.3) is 0 Å². The number of hydrogen-bond donors (Lipinski definition) is 1. The van der Waals surface area contributed by atoms with Crippen LogP contribution in [0.4, 0.5) is 0 Å². The summed E-state index contributed by atoms with van der Waals surface area (Å²) in [6.07, 6.45) is 2.21. The second-order valence-corrected chi connectivity index (χ2v) is 5.75. The Hall–Kier alpha value is -0.620. The van der Waals surface area contributed by atoms with Gasteiger partial charge in [0.2, 0.25) is 0 Å². The summed E-state index contributed by atoms with van der Waals surface area (Å²) in [6.45, 7) is 2.35. The number of benzene rings is 1. The molecule has 1 saturated heterocycles. The molecule has 1 unspecified atom stereocenters. The number of likely N-dealkylation sites (tertiary alicyclic amines) is 1. The van der Waals surface area contributed by atoms with Gasteiger partial charge in [-0.1, -0.05) is 0 Å². The molecule has 1 amide bonds. The van der Waals surface area contributed by atoms with E-state index in [1.54, 1.807) is 0 Å². The lowest BCUT2D eigenvalue weighted by molar-refractivity contribution is 0.0678. The van der Waals surface area contributed by atoms with Crippen LogP contribution in [0.3, 0.4) is 0 Å². The van der Waals surface area contributed by atoms with E-state index in [2.05, 4.69) is 22.6 Å². The summed E-state index contributed by atoms with van der Waals surface area (Å²) in [5.74, 6) is 0.607. The smallest absolute Gasteiger partial charge is 0.253 e. The van der Waals surface area contributed by atoms with Gasteiger partial charge in [0, 0.05) is 22.2 Å². The van der Waals surface area contributed by atoms with Crippen LogP contribution in [0.2, 0.25) is 0 Å². The van der Waals surface area contributed by atoms with Gasteiger partial charge in [-0.2, -0.15) is 0 Å². The lowest BCUT2D eigenvalue weighted by Gasteiger charge is -2.32. The standard InChI is InChI=1S/C13H17IN2O/c14-12-5-3-11(4-6-12)13(17)16-7-1-2-10(8-15)9-16/h3-6,10H,1-2,7-9,15H2. The minimum absolute atomic E-state index is 0.138. The number of nitrogens with two attached hydrogens (primary N) is 1. The Bertz CT molecular complexity index is 391. The van der Waals surface area contributed by atoms with Crippen molar-refractivity contribution in [1.82, 2.24) is 4.90 Å². The molecule has 17 heavy (non-hydrogen) atoms. The van der Waals surface area contributed by atoms with Crippen LogP contribution in [0.1, 0.15) is 23.2 Å². The van der Waals surface area contributed by atoms with Crippen molar-refractivity contribution in [3.8, 4) is 0 Å². The Morgan fingerprint density at radius 1 is 1.41 bits per heavy atom. The van der Waals surface area contributed by atoms with Gasteiger partial charge in [-0.25, -0.2) is 0 Å². The molecule has 0 radical (unpaired) electrons. The van der Waals surface area contributed by atoms with E-state index in [4.69, 9.17) is 5.73 Å². The zero-order chi connectivity index (χ0) is 12.3. The van der Waals surface area contributed by atoms with Gasteiger partial charge in [0.05, 0.1) is 0 Å². The number of piperidine rings is 1. The highest BCUT2D eigenvalue weighted by Gasteiger charge is 2.23. The summed E-state index contributed by atoms with van der Waals surface area (Å²) >= 11 is 2.24. The van der Waals surface area contributed by atoms with Crippen molar-refractivity contribution < 1.29 is 4.79 Å². The summed E-state index contributed by atoms with van der Waals surface area (Å²) in [5, 5.41) is 0. The second-order valence-electron chi connectivity index (χ2n) is 4.50. The van der Waals surface area contributed by atoms with Gasteiger partial charge in [0.1, 0.15) is 0 Å². The third-order valence-corrected chi connectivity index (χ3v) is 3.95. The molecule has 1 aliphatic heterocycles. The van der Waals surface area contributed by atoms with Gasteiger partial charge in [0.15, 0.2) is 0 Å². The molecule has 0 aliphatic carbocycles. The first-order chi connectivity index (χ1) is 8.20. The van der Waals surface area contributed by atoms with Crippen LogP contribution in [-0.4, -0.2) is 30.4 Å². The molecule has 2 N–H and O–H groups in total. The Kier molecular flexibility index (Phi) is 4.39. The summed E-state index contributed by atoms with van der Waals surface area (Å²) in [6, 6.07) is 7.74. The molecular weight excluding hydrogens is 327 g/mol. The molecule has 0 spiro atoms. The van der Waals surface area contributed by atoms with Gasteiger partial charge in [-0.3, -0.25) is 4.79 Å². The molecule has 4 heteroatoms. The number of carbonyl (C=O) groups excluding carboxylic acids is 1. The molecular formula is C13H17IN2O. The maximum atomic E-state index is 12.3. The first-order valence-corrected chi connectivity index (χ1v) is 7.03. The van der Waals surface area contributed by atoms with Crippen LogP contribution < -0.4 is 5.73 Å². The van der Waals surface area contributed by atoms with Crippen molar-refractivity contribution in [2.45, 2.75) is 12.8 Å². The van der Waals surface area contributed by atoms with Gasteiger partial charge in [0.25, 0.3) is 5.91 Å². The molecule has 1 heterocycles.